The summed E-state index contributed by atoms with van der Waals surface area (Å²) in [5.41, 5.74) is 0.302. The second-order valence-corrected chi connectivity index (χ2v) is 5.63. The Morgan fingerprint density at radius 2 is 1.87 bits per heavy atom. The molecular formula is C17H23FN2O3. The fourth-order valence-electron chi connectivity index (χ4n) is 2.72. The van der Waals surface area contributed by atoms with Gasteiger partial charge in [0.05, 0.1) is 7.11 Å². The zero-order valence-electron chi connectivity index (χ0n) is 13.7. The first-order valence-corrected chi connectivity index (χ1v) is 7.97. The SMILES string of the molecule is CCCC(=O)N1CCCN(C(=O)c2ccc(OC)c(F)c2)CC1. The number of hydrogen-bond donors (Lipinski definition) is 0. The highest BCUT2D eigenvalue weighted by Crippen LogP contribution is 2.19. The topological polar surface area (TPSA) is 49.9 Å². The van der Waals surface area contributed by atoms with Gasteiger partial charge >= 0.3 is 0 Å². The van der Waals surface area contributed by atoms with E-state index in [9.17, 15) is 14.0 Å². The summed E-state index contributed by atoms with van der Waals surface area (Å²) in [6, 6.07) is 4.22. The number of hydrogen-bond acceptors (Lipinski definition) is 3. The van der Waals surface area contributed by atoms with Gasteiger partial charge in [-0.1, -0.05) is 6.92 Å². The van der Waals surface area contributed by atoms with E-state index < -0.39 is 5.82 Å². The van der Waals surface area contributed by atoms with Gasteiger partial charge in [0.25, 0.3) is 5.91 Å². The van der Waals surface area contributed by atoms with Gasteiger partial charge in [-0.25, -0.2) is 4.39 Å². The molecule has 5 nitrogen and oxygen atoms in total. The lowest BCUT2D eigenvalue weighted by Crippen LogP contribution is -2.37. The number of amides is 2. The van der Waals surface area contributed by atoms with E-state index in [1.54, 1.807) is 11.0 Å². The molecule has 23 heavy (non-hydrogen) atoms. The zero-order valence-corrected chi connectivity index (χ0v) is 13.7. The van der Waals surface area contributed by atoms with Gasteiger partial charge in [0.1, 0.15) is 0 Å². The first-order valence-electron chi connectivity index (χ1n) is 7.97. The highest BCUT2D eigenvalue weighted by Gasteiger charge is 2.23. The van der Waals surface area contributed by atoms with Crippen molar-refractivity contribution >= 4 is 11.8 Å². The molecule has 0 spiro atoms. The van der Waals surface area contributed by atoms with Crippen LogP contribution in [0.2, 0.25) is 0 Å². The van der Waals surface area contributed by atoms with E-state index in [2.05, 4.69) is 0 Å². The maximum Gasteiger partial charge on any atom is 0.254 e. The molecule has 0 saturated carbocycles. The van der Waals surface area contributed by atoms with Gasteiger partial charge in [0, 0.05) is 38.2 Å². The summed E-state index contributed by atoms with van der Waals surface area (Å²) in [5, 5.41) is 0. The van der Waals surface area contributed by atoms with E-state index in [0.29, 0.717) is 38.2 Å². The molecule has 1 saturated heterocycles. The molecule has 1 fully saturated rings. The van der Waals surface area contributed by atoms with Crippen LogP contribution in [-0.4, -0.2) is 54.9 Å². The first kappa shape index (κ1) is 17.2. The smallest absolute Gasteiger partial charge is 0.254 e. The number of nitrogens with zero attached hydrogens (tertiary/aromatic N) is 2. The van der Waals surface area contributed by atoms with Crippen LogP contribution < -0.4 is 4.74 Å². The average molecular weight is 322 g/mol. The Balaban J connectivity index is 2.03. The minimum atomic E-state index is -0.548. The minimum Gasteiger partial charge on any atom is -0.494 e. The molecular weight excluding hydrogens is 299 g/mol. The van der Waals surface area contributed by atoms with Gasteiger partial charge in [-0.2, -0.15) is 0 Å². The van der Waals surface area contributed by atoms with E-state index in [0.717, 1.165) is 12.8 Å². The predicted molar refractivity (Wildman–Crippen MR) is 85.0 cm³/mol. The number of halogens is 1. The van der Waals surface area contributed by atoms with E-state index in [-0.39, 0.29) is 17.6 Å². The van der Waals surface area contributed by atoms with Crippen molar-refractivity contribution in [3.63, 3.8) is 0 Å². The Morgan fingerprint density at radius 1 is 1.17 bits per heavy atom. The molecule has 0 radical (unpaired) electrons. The predicted octanol–water partition coefficient (Wildman–Crippen LogP) is 2.31. The van der Waals surface area contributed by atoms with Crippen LogP contribution in [0, 0.1) is 5.82 Å². The van der Waals surface area contributed by atoms with Crippen LogP contribution in [0.5, 0.6) is 5.75 Å². The Kier molecular flexibility index (Phi) is 5.96. The van der Waals surface area contributed by atoms with Gasteiger partial charge in [-0.3, -0.25) is 9.59 Å². The third kappa shape index (κ3) is 4.21. The molecule has 0 bridgehead atoms. The second-order valence-electron chi connectivity index (χ2n) is 5.63. The summed E-state index contributed by atoms with van der Waals surface area (Å²) in [6.07, 6.45) is 2.10. The monoisotopic (exact) mass is 322 g/mol. The molecule has 2 amide bonds. The fraction of sp³-hybridized carbons (Fsp3) is 0.529. The number of carbonyl (C=O) groups excluding carboxylic acids is 2. The van der Waals surface area contributed by atoms with Crippen molar-refractivity contribution in [3.8, 4) is 5.75 Å². The summed E-state index contributed by atoms with van der Waals surface area (Å²) in [4.78, 5) is 28.0. The Morgan fingerprint density at radius 3 is 2.52 bits per heavy atom. The maximum atomic E-state index is 13.8. The quantitative estimate of drug-likeness (QED) is 0.855. The molecule has 0 unspecified atom stereocenters. The van der Waals surface area contributed by atoms with Crippen molar-refractivity contribution in [2.45, 2.75) is 26.2 Å². The van der Waals surface area contributed by atoms with E-state index >= 15 is 0 Å². The third-order valence-electron chi connectivity index (χ3n) is 4.00. The largest absolute Gasteiger partial charge is 0.494 e. The summed E-state index contributed by atoms with van der Waals surface area (Å²) in [5.74, 6) is -0.504. The molecule has 6 heteroatoms. The van der Waals surface area contributed by atoms with Crippen LogP contribution >= 0.6 is 0 Å². The summed E-state index contributed by atoms with van der Waals surface area (Å²) in [6.45, 7) is 4.22. The first-order chi connectivity index (χ1) is 11.1. The molecule has 1 aliphatic heterocycles. The molecule has 1 heterocycles. The lowest BCUT2D eigenvalue weighted by Gasteiger charge is -2.22. The summed E-state index contributed by atoms with van der Waals surface area (Å²) < 4.78 is 18.6. The molecule has 1 aliphatic rings. The van der Waals surface area contributed by atoms with Crippen molar-refractivity contribution in [2.24, 2.45) is 0 Å². The number of carbonyl (C=O) groups is 2. The molecule has 2 rings (SSSR count). The highest BCUT2D eigenvalue weighted by molar-refractivity contribution is 5.94. The standard InChI is InChI=1S/C17H23FN2O3/c1-3-5-16(21)19-8-4-9-20(11-10-19)17(22)13-6-7-15(23-2)14(18)12-13/h6-7,12H,3-5,8-11H2,1-2H3. The van der Waals surface area contributed by atoms with E-state index in [1.807, 2.05) is 11.8 Å². The highest BCUT2D eigenvalue weighted by atomic mass is 19.1. The molecule has 1 aromatic rings. The van der Waals surface area contributed by atoms with Crippen LogP contribution in [0.1, 0.15) is 36.5 Å². The molecule has 126 valence electrons. The average Bonchev–Trinajstić information content (AvgIpc) is 2.80. The molecule has 0 aromatic heterocycles. The maximum absolute atomic E-state index is 13.8. The molecule has 0 aliphatic carbocycles. The van der Waals surface area contributed by atoms with Gasteiger partial charge in [0.15, 0.2) is 11.6 Å². The number of methoxy groups -OCH3 is 1. The summed E-state index contributed by atoms with van der Waals surface area (Å²) >= 11 is 0. The third-order valence-corrected chi connectivity index (χ3v) is 4.00. The van der Waals surface area contributed by atoms with Crippen LogP contribution in [0.3, 0.4) is 0 Å². The van der Waals surface area contributed by atoms with Gasteiger partial charge in [-0.05, 0) is 31.0 Å². The van der Waals surface area contributed by atoms with Gasteiger partial charge in [-0.15, -0.1) is 0 Å². The lowest BCUT2D eigenvalue weighted by atomic mass is 10.1. The molecule has 0 atom stereocenters. The van der Waals surface area contributed by atoms with E-state index in [1.165, 1.54) is 19.2 Å². The van der Waals surface area contributed by atoms with Crippen molar-refractivity contribution in [2.75, 3.05) is 33.3 Å². The zero-order chi connectivity index (χ0) is 16.8. The van der Waals surface area contributed by atoms with Gasteiger partial charge < -0.3 is 14.5 Å². The van der Waals surface area contributed by atoms with Gasteiger partial charge in [0.2, 0.25) is 5.91 Å². The van der Waals surface area contributed by atoms with Crippen molar-refractivity contribution in [3.05, 3.63) is 29.6 Å². The summed E-state index contributed by atoms with van der Waals surface area (Å²) in [7, 11) is 1.39. The second kappa shape index (κ2) is 7.94. The Bertz CT molecular complexity index is 577. The van der Waals surface area contributed by atoms with Crippen molar-refractivity contribution in [1.29, 1.82) is 0 Å². The van der Waals surface area contributed by atoms with Crippen LogP contribution in [0.25, 0.3) is 0 Å². The van der Waals surface area contributed by atoms with Crippen LogP contribution in [-0.2, 0) is 4.79 Å². The Hall–Kier alpha value is -2.11. The normalized spacial score (nSPS) is 15.3. The molecule has 0 N–H and O–H groups in total. The van der Waals surface area contributed by atoms with E-state index in [4.69, 9.17) is 4.74 Å². The number of benzene rings is 1. The van der Waals surface area contributed by atoms with Crippen LogP contribution in [0.15, 0.2) is 18.2 Å². The van der Waals surface area contributed by atoms with Crippen LogP contribution in [0.4, 0.5) is 4.39 Å². The number of ether oxygens (including phenoxy) is 1. The fourth-order valence-corrected chi connectivity index (χ4v) is 2.72. The number of rotatable bonds is 4. The Labute approximate surface area is 136 Å². The molecule has 1 aromatic carbocycles. The van der Waals surface area contributed by atoms with Crippen molar-refractivity contribution in [1.82, 2.24) is 9.80 Å². The minimum absolute atomic E-state index is 0.119. The lowest BCUT2D eigenvalue weighted by molar-refractivity contribution is -0.131. The van der Waals surface area contributed by atoms with Crippen molar-refractivity contribution < 1.29 is 18.7 Å².